The van der Waals surface area contributed by atoms with Crippen LogP contribution in [-0.2, 0) is 10.0 Å². The number of halogens is 1. The molecule has 1 aromatic heterocycles. The summed E-state index contributed by atoms with van der Waals surface area (Å²) in [6.45, 7) is 3.27. The molecule has 0 atom stereocenters. The molecule has 2 aromatic carbocycles. The van der Waals surface area contributed by atoms with E-state index in [2.05, 4.69) is 6.58 Å². The first-order chi connectivity index (χ1) is 10.0. The van der Waals surface area contributed by atoms with Crippen molar-refractivity contribution in [3.8, 4) is 0 Å². The van der Waals surface area contributed by atoms with Crippen LogP contribution < -0.4 is 0 Å². The van der Waals surface area contributed by atoms with Gasteiger partial charge in [0.15, 0.2) is 0 Å². The second-order valence-electron chi connectivity index (χ2n) is 4.58. The maximum absolute atomic E-state index is 13.6. The predicted octanol–water partition coefficient (Wildman–Crippen LogP) is 3.82. The monoisotopic (exact) mass is 301 g/mol. The van der Waals surface area contributed by atoms with E-state index in [1.807, 2.05) is 0 Å². The van der Waals surface area contributed by atoms with Crippen molar-refractivity contribution in [3.05, 3.63) is 72.9 Å². The molecule has 0 aliphatic carbocycles. The second-order valence-corrected chi connectivity index (χ2v) is 6.39. The zero-order chi connectivity index (χ0) is 15.0. The van der Waals surface area contributed by atoms with Gasteiger partial charge in [-0.3, -0.25) is 0 Å². The first-order valence-electron chi connectivity index (χ1n) is 6.27. The van der Waals surface area contributed by atoms with Gasteiger partial charge in [0, 0.05) is 17.1 Å². The Kier molecular flexibility index (Phi) is 3.14. The van der Waals surface area contributed by atoms with Crippen LogP contribution in [0, 0.1) is 0 Å². The van der Waals surface area contributed by atoms with Gasteiger partial charge in [-0.2, -0.15) is 0 Å². The third-order valence-corrected chi connectivity index (χ3v) is 4.96. The van der Waals surface area contributed by atoms with E-state index in [0.29, 0.717) is 10.9 Å². The van der Waals surface area contributed by atoms with Gasteiger partial charge in [0.05, 0.1) is 10.4 Å². The van der Waals surface area contributed by atoms with Crippen molar-refractivity contribution in [2.45, 2.75) is 4.90 Å². The van der Waals surface area contributed by atoms with Crippen molar-refractivity contribution in [2.75, 3.05) is 0 Å². The highest BCUT2D eigenvalue weighted by molar-refractivity contribution is 7.90. The molecule has 21 heavy (non-hydrogen) atoms. The van der Waals surface area contributed by atoms with Crippen LogP contribution >= 0.6 is 0 Å². The van der Waals surface area contributed by atoms with Gasteiger partial charge in [-0.1, -0.05) is 43.0 Å². The van der Waals surface area contributed by atoms with Gasteiger partial charge < -0.3 is 0 Å². The Hall–Kier alpha value is -2.40. The molecule has 0 saturated heterocycles. The van der Waals surface area contributed by atoms with E-state index in [1.54, 1.807) is 42.5 Å². The highest BCUT2D eigenvalue weighted by atomic mass is 32.2. The number of fused-ring (bicyclic) bond motifs is 1. The van der Waals surface area contributed by atoms with Crippen molar-refractivity contribution >= 4 is 26.8 Å². The Morgan fingerprint density at radius 1 is 1.00 bits per heavy atom. The zero-order valence-corrected chi connectivity index (χ0v) is 11.8. The van der Waals surface area contributed by atoms with E-state index >= 15 is 0 Å². The summed E-state index contributed by atoms with van der Waals surface area (Å²) in [6, 6.07) is 14.8. The van der Waals surface area contributed by atoms with Crippen molar-refractivity contribution < 1.29 is 12.8 Å². The van der Waals surface area contributed by atoms with Crippen molar-refractivity contribution in [1.29, 1.82) is 0 Å². The smallest absolute Gasteiger partial charge is 0.240 e. The van der Waals surface area contributed by atoms with Crippen LogP contribution in [-0.4, -0.2) is 12.4 Å². The molecule has 0 aliphatic rings. The Morgan fingerprint density at radius 3 is 2.29 bits per heavy atom. The maximum atomic E-state index is 13.6. The minimum absolute atomic E-state index is 0.154. The van der Waals surface area contributed by atoms with Gasteiger partial charge in [-0.25, -0.2) is 16.8 Å². The van der Waals surface area contributed by atoms with Crippen LogP contribution in [0.2, 0.25) is 0 Å². The highest BCUT2D eigenvalue weighted by Gasteiger charge is 2.21. The van der Waals surface area contributed by atoms with Crippen molar-refractivity contribution in [2.24, 2.45) is 0 Å². The molecule has 0 saturated carbocycles. The third kappa shape index (κ3) is 2.15. The molecule has 0 radical (unpaired) electrons. The summed E-state index contributed by atoms with van der Waals surface area (Å²) in [7, 11) is -3.77. The first-order valence-corrected chi connectivity index (χ1v) is 7.71. The van der Waals surface area contributed by atoms with Crippen LogP contribution in [0.3, 0.4) is 0 Å². The molecule has 3 aromatic rings. The minimum Gasteiger partial charge on any atom is -0.240 e. The summed E-state index contributed by atoms with van der Waals surface area (Å²) in [4.78, 5) is 0.154. The molecule has 0 fully saturated rings. The summed E-state index contributed by atoms with van der Waals surface area (Å²) in [6.07, 6.45) is 1.27. The zero-order valence-electron chi connectivity index (χ0n) is 11.0. The van der Waals surface area contributed by atoms with Gasteiger partial charge in [0.2, 0.25) is 0 Å². The minimum atomic E-state index is -3.77. The summed E-state index contributed by atoms with van der Waals surface area (Å²) in [5.41, 5.74) is 0.611. The third-order valence-electron chi connectivity index (χ3n) is 3.27. The number of benzene rings is 2. The predicted molar refractivity (Wildman–Crippen MR) is 81.1 cm³/mol. The molecule has 106 valence electrons. The lowest BCUT2D eigenvalue weighted by atomic mass is 10.2. The van der Waals surface area contributed by atoms with Crippen LogP contribution in [0.25, 0.3) is 16.7 Å². The van der Waals surface area contributed by atoms with E-state index in [4.69, 9.17) is 0 Å². The fourth-order valence-electron chi connectivity index (χ4n) is 2.27. The summed E-state index contributed by atoms with van der Waals surface area (Å²) < 4.78 is 40.0. The van der Waals surface area contributed by atoms with E-state index in [-0.39, 0.29) is 10.5 Å². The van der Waals surface area contributed by atoms with Crippen molar-refractivity contribution in [3.63, 3.8) is 0 Å². The summed E-state index contributed by atoms with van der Waals surface area (Å²) in [5, 5.41) is 0.518. The number of aromatic nitrogens is 1. The normalized spacial score (nSPS) is 11.7. The summed E-state index contributed by atoms with van der Waals surface area (Å²) >= 11 is 0. The summed E-state index contributed by atoms with van der Waals surface area (Å²) in [5.74, 6) is -0.659. The molecule has 3 rings (SSSR count). The number of para-hydroxylation sites is 1. The molecule has 0 aliphatic heterocycles. The molecule has 3 nitrogen and oxygen atoms in total. The first kappa shape index (κ1) is 13.6. The number of hydrogen-bond donors (Lipinski definition) is 0. The molecule has 0 spiro atoms. The Morgan fingerprint density at radius 2 is 1.62 bits per heavy atom. The van der Waals surface area contributed by atoms with Crippen LogP contribution in [0.1, 0.15) is 5.56 Å². The van der Waals surface area contributed by atoms with E-state index in [0.717, 1.165) is 3.97 Å². The van der Waals surface area contributed by atoms with Gasteiger partial charge in [0.1, 0.15) is 5.83 Å². The van der Waals surface area contributed by atoms with Crippen LogP contribution in [0.15, 0.2) is 72.3 Å². The Bertz CT molecular complexity index is 927. The molecule has 5 heteroatoms. The molecule has 0 bridgehead atoms. The number of nitrogens with zero attached hydrogens (tertiary/aromatic N) is 1. The number of rotatable bonds is 3. The molecule has 0 unspecified atom stereocenters. The van der Waals surface area contributed by atoms with Crippen molar-refractivity contribution in [1.82, 2.24) is 3.97 Å². The van der Waals surface area contributed by atoms with E-state index in [9.17, 15) is 12.8 Å². The van der Waals surface area contributed by atoms with Gasteiger partial charge in [-0.05, 0) is 18.2 Å². The SMILES string of the molecule is C=C(F)c1cn(S(=O)(=O)c2ccccc2)c2ccccc12. The lowest BCUT2D eigenvalue weighted by Gasteiger charge is -2.07. The topological polar surface area (TPSA) is 39.1 Å². The van der Waals surface area contributed by atoms with Gasteiger partial charge >= 0.3 is 0 Å². The lowest BCUT2D eigenvalue weighted by Crippen LogP contribution is -2.11. The fraction of sp³-hybridized carbons (Fsp3) is 0. The fourth-order valence-corrected chi connectivity index (χ4v) is 3.66. The van der Waals surface area contributed by atoms with Crippen LogP contribution in [0.4, 0.5) is 4.39 Å². The quantitative estimate of drug-likeness (QED) is 0.737. The van der Waals surface area contributed by atoms with E-state index < -0.39 is 15.9 Å². The van der Waals surface area contributed by atoms with Gasteiger partial charge in [0.25, 0.3) is 10.0 Å². The average molecular weight is 301 g/mol. The van der Waals surface area contributed by atoms with Crippen LogP contribution in [0.5, 0.6) is 0 Å². The average Bonchev–Trinajstić information content (AvgIpc) is 2.88. The highest BCUT2D eigenvalue weighted by Crippen LogP contribution is 2.29. The molecule has 0 amide bonds. The lowest BCUT2D eigenvalue weighted by molar-refractivity contribution is 0.589. The molecular weight excluding hydrogens is 289 g/mol. The Labute approximate surface area is 122 Å². The molecule has 1 heterocycles. The largest absolute Gasteiger partial charge is 0.268 e. The molecule has 0 N–H and O–H groups in total. The number of hydrogen-bond acceptors (Lipinski definition) is 2. The van der Waals surface area contributed by atoms with Gasteiger partial charge in [-0.15, -0.1) is 0 Å². The standard InChI is InChI=1S/C16H12FNO2S/c1-12(17)15-11-18(16-10-6-5-9-14(15)16)21(19,20)13-7-3-2-4-8-13/h2-11H,1H2. The second kappa shape index (κ2) is 4.86. The maximum Gasteiger partial charge on any atom is 0.268 e. The van der Waals surface area contributed by atoms with E-state index in [1.165, 1.54) is 18.3 Å². The Balaban J connectivity index is 2.34. The molecular formula is C16H12FNO2S.